The van der Waals surface area contributed by atoms with E-state index in [4.69, 9.17) is 14.5 Å². The fourth-order valence-corrected chi connectivity index (χ4v) is 4.81. The van der Waals surface area contributed by atoms with Crippen LogP contribution < -0.4 is 14.4 Å². The summed E-state index contributed by atoms with van der Waals surface area (Å²) in [7, 11) is 5.24. The average Bonchev–Trinajstić information content (AvgIpc) is 3.59. The van der Waals surface area contributed by atoms with Gasteiger partial charge >= 0.3 is 0 Å². The first-order valence-electron chi connectivity index (χ1n) is 12.3. The van der Waals surface area contributed by atoms with Gasteiger partial charge in [-0.3, -0.25) is 14.6 Å². The SMILES string of the molecule is COc1cc(OC)cc(N(C[C@@H]2C[C@H]2c2ccccn2)c2ccc3ncc(-c4cnn(C)c4)nc3c2)c1. The molecule has 0 saturated heterocycles. The number of nitrogens with zero attached hydrogens (tertiary/aromatic N) is 6. The zero-order chi connectivity index (χ0) is 25.4. The first kappa shape index (κ1) is 23.0. The van der Waals surface area contributed by atoms with Gasteiger partial charge < -0.3 is 14.4 Å². The van der Waals surface area contributed by atoms with Crippen LogP contribution in [0.3, 0.4) is 0 Å². The predicted octanol–water partition coefficient (Wildman–Crippen LogP) is 5.38. The Morgan fingerprint density at radius 3 is 2.46 bits per heavy atom. The molecule has 6 rings (SSSR count). The van der Waals surface area contributed by atoms with E-state index in [9.17, 15) is 0 Å². The number of aromatic nitrogens is 5. The van der Waals surface area contributed by atoms with E-state index >= 15 is 0 Å². The molecule has 8 nitrogen and oxygen atoms in total. The van der Waals surface area contributed by atoms with E-state index in [0.717, 1.165) is 63.8 Å². The number of hydrogen-bond acceptors (Lipinski definition) is 7. The van der Waals surface area contributed by atoms with Crippen LogP contribution in [0, 0.1) is 5.92 Å². The number of rotatable bonds is 8. The van der Waals surface area contributed by atoms with E-state index < -0.39 is 0 Å². The number of aryl methyl sites for hydroxylation is 1. The summed E-state index contributed by atoms with van der Waals surface area (Å²) in [5.41, 5.74) is 6.60. The monoisotopic (exact) mass is 492 g/mol. The van der Waals surface area contributed by atoms with Gasteiger partial charge in [-0.2, -0.15) is 5.10 Å². The second-order valence-corrected chi connectivity index (χ2v) is 9.37. The molecule has 2 atom stereocenters. The molecule has 8 heteroatoms. The molecule has 2 aromatic carbocycles. The van der Waals surface area contributed by atoms with Crippen molar-refractivity contribution in [3.8, 4) is 22.8 Å². The van der Waals surface area contributed by atoms with Crippen molar-refractivity contribution in [2.45, 2.75) is 12.3 Å². The summed E-state index contributed by atoms with van der Waals surface area (Å²) in [6, 6.07) is 18.4. The summed E-state index contributed by atoms with van der Waals surface area (Å²) in [6.45, 7) is 0.832. The summed E-state index contributed by atoms with van der Waals surface area (Å²) >= 11 is 0. The van der Waals surface area contributed by atoms with Gasteiger partial charge in [-0.25, -0.2) is 4.98 Å². The standard InChI is InChI=1S/C29H28N6O2/c1-34-17-20(15-32-34)29-16-31-27-8-7-21(13-28(27)33-29)35(22-11-23(36-2)14-24(12-22)37-3)18-19-10-25(19)26-6-4-5-9-30-26/h4-9,11-17,19,25H,10,18H2,1-3H3/t19-,25+/m0/s1. The molecule has 186 valence electrons. The Labute approximate surface area is 215 Å². The average molecular weight is 493 g/mol. The van der Waals surface area contributed by atoms with Gasteiger partial charge in [0.2, 0.25) is 0 Å². The maximum atomic E-state index is 5.58. The number of hydrogen-bond donors (Lipinski definition) is 0. The Balaban J connectivity index is 1.39. The molecule has 3 aromatic heterocycles. The third-order valence-electron chi connectivity index (χ3n) is 6.89. The molecule has 0 radical (unpaired) electrons. The highest BCUT2D eigenvalue weighted by Crippen LogP contribution is 2.48. The van der Waals surface area contributed by atoms with E-state index in [-0.39, 0.29) is 0 Å². The minimum Gasteiger partial charge on any atom is -0.497 e. The predicted molar refractivity (Wildman–Crippen MR) is 143 cm³/mol. The molecule has 0 N–H and O–H groups in total. The number of fused-ring (bicyclic) bond motifs is 1. The molecule has 3 heterocycles. The van der Waals surface area contributed by atoms with Crippen LogP contribution in [0.15, 0.2) is 79.4 Å². The summed E-state index contributed by atoms with van der Waals surface area (Å²) in [6.07, 6.45) is 8.52. The fraction of sp³-hybridized carbons (Fsp3) is 0.241. The number of anilines is 2. The molecule has 1 aliphatic rings. The van der Waals surface area contributed by atoms with Crippen molar-refractivity contribution in [3.05, 3.63) is 85.1 Å². The van der Waals surface area contributed by atoms with Crippen LogP contribution in [0.25, 0.3) is 22.3 Å². The van der Waals surface area contributed by atoms with Crippen molar-refractivity contribution < 1.29 is 9.47 Å². The molecule has 0 amide bonds. The van der Waals surface area contributed by atoms with Gasteiger partial charge in [-0.15, -0.1) is 0 Å². The van der Waals surface area contributed by atoms with Gasteiger partial charge in [0, 0.05) is 72.7 Å². The third-order valence-corrected chi connectivity index (χ3v) is 6.89. The Hall–Kier alpha value is -4.46. The minimum atomic E-state index is 0.452. The van der Waals surface area contributed by atoms with Crippen molar-refractivity contribution in [1.29, 1.82) is 0 Å². The van der Waals surface area contributed by atoms with Crippen molar-refractivity contribution in [2.75, 3.05) is 25.7 Å². The second kappa shape index (κ2) is 9.54. The largest absolute Gasteiger partial charge is 0.497 e. The van der Waals surface area contributed by atoms with Gasteiger partial charge in [-0.1, -0.05) is 6.07 Å². The van der Waals surface area contributed by atoms with Crippen LogP contribution >= 0.6 is 0 Å². The molecular weight excluding hydrogens is 464 g/mol. The van der Waals surface area contributed by atoms with E-state index in [1.54, 1.807) is 31.3 Å². The molecule has 0 aliphatic heterocycles. The Morgan fingerprint density at radius 1 is 0.919 bits per heavy atom. The molecule has 0 bridgehead atoms. The molecule has 1 aliphatic carbocycles. The smallest absolute Gasteiger partial charge is 0.124 e. The first-order chi connectivity index (χ1) is 18.1. The summed E-state index contributed by atoms with van der Waals surface area (Å²) in [5, 5.41) is 4.27. The maximum Gasteiger partial charge on any atom is 0.124 e. The Morgan fingerprint density at radius 2 is 1.76 bits per heavy atom. The highest BCUT2D eigenvalue weighted by atomic mass is 16.5. The number of benzene rings is 2. The normalized spacial score (nSPS) is 16.5. The van der Waals surface area contributed by atoms with E-state index in [1.165, 1.54) is 0 Å². The lowest BCUT2D eigenvalue weighted by atomic mass is 10.1. The molecule has 0 unspecified atom stereocenters. The number of pyridine rings is 1. The van der Waals surface area contributed by atoms with E-state index in [1.807, 2.05) is 49.8 Å². The maximum absolute atomic E-state index is 5.58. The zero-order valence-corrected chi connectivity index (χ0v) is 21.1. The van der Waals surface area contributed by atoms with Crippen LogP contribution in [0.2, 0.25) is 0 Å². The molecule has 5 aromatic rings. The molecule has 37 heavy (non-hydrogen) atoms. The number of methoxy groups -OCH3 is 2. The molecule has 1 fully saturated rings. The first-order valence-corrected chi connectivity index (χ1v) is 12.3. The van der Waals surface area contributed by atoms with Crippen LogP contribution in [0.4, 0.5) is 11.4 Å². The van der Waals surface area contributed by atoms with Gasteiger partial charge in [0.25, 0.3) is 0 Å². The summed E-state index contributed by atoms with van der Waals surface area (Å²) < 4.78 is 12.9. The molecule has 0 spiro atoms. The van der Waals surface area contributed by atoms with E-state index in [2.05, 4.69) is 44.2 Å². The van der Waals surface area contributed by atoms with Crippen molar-refractivity contribution >= 4 is 22.4 Å². The van der Waals surface area contributed by atoms with Gasteiger partial charge in [0.1, 0.15) is 11.5 Å². The van der Waals surface area contributed by atoms with Crippen LogP contribution in [-0.2, 0) is 7.05 Å². The van der Waals surface area contributed by atoms with Crippen LogP contribution in [-0.4, -0.2) is 45.5 Å². The minimum absolute atomic E-state index is 0.452. The lowest BCUT2D eigenvalue weighted by Crippen LogP contribution is -2.20. The third kappa shape index (κ3) is 4.70. The Bertz CT molecular complexity index is 1530. The zero-order valence-electron chi connectivity index (χ0n) is 21.1. The lowest BCUT2D eigenvalue weighted by Gasteiger charge is -2.26. The van der Waals surface area contributed by atoms with Crippen molar-refractivity contribution in [3.63, 3.8) is 0 Å². The van der Waals surface area contributed by atoms with Crippen molar-refractivity contribution in [1.82, 2.24) is 24.7 Å². The van der Waals surface area contributed by atoms with E-state index in [0.29, 0.717) is 11.8 Å². The number of ether oxygens (including phenoxy) is 2. The fourth-order valence-electron chi connectivity index (χ4n) is 4.81. The van der Waals surface area contributed by atoms with Gasteiger partial charge in [-0.05, 0) is 42.7 Å². The van der Waals surface area contributed by atoms with Crippen LogP contribution in [0.1, 0.15) is 18.0 Å². The lowest BCUT2D eigenvalue weighted by molar-refractivity contribution is 0.394. The van der Waals surface area contributed by atoms with Gasteiger partial charge in [0.05, 0.1) is 43.3 Å². The summed E-state index contributed by atoms with van der Waals surface area (Å²) in [5.74, 6) is 2.43. The topological polar surface area (TPSA) is 78.2 Å². The highest BCUT2D eigenvalue weighted by Gasteiger charge is 2.40. The second-order valence-electron chi connectivity index (χ2n) is 9.37. The van der Waals surface area contributed by atoms with Crippen LogP contribution in [0.5, 0.6) is 11.5 Å². The van der Waals surface area contributed by atoms with Crippen molar-refractivity contribution in [2.24, 2.45) is 13.0 Å². The highest BCUT2D eigenvalue weighted by molar-refractivity contribution is 5.82. The summed E-state index contributed by atoms with van der Waals surface area (Å²) in [4.78, 5) is 16.5. The quantitative estimate of drug-likeness (QED) is 0.288. The molecular formula is C29H28N6O2. The van der Waals surface area contributed by atoms with Gasteiger partial charge in [0.15, 0.2) is 0 Å². The Kier molecular flexibility index (Phi) is 5.92. The molecule has 1 saturated carbocycles.